The maximum Gasteiger partial charge on any atom is 0.177 e. The van der Waals surface area contributed by atoms with Crippen LogP contribution in [0.3, 0.4) is 0 Å². The molecule has 0 radical (unpaired) electrons. The lowest BCUT2D eigenvalue weighted by atomic mass is 10.3. The first-order chi connectivity index (χ1) is 7.25. The summed E-state index contributed by atoms with van der Waals surface area (Å²) in [7, 11) is 0. The summed E-state index contributed by atoms with van der Waals surface area (Å²) in [6.07, 6.45) is 4.76. The molecular formula is C11H13N3S. The van der Waals surface area contributed by atoms with Crippen LogP contribution in [0.1, 0.15) is 11.4 Å². The van der Waals surface area contributed by atoms with E-state index in [-0.39, 0.29) is 0 Å². The Morgan fingerprint density at radius 1 is 1.47 bits per heavy atom. The summed E-state index contributed by atoms with van der Waals surface area (Å²) in [5, 5.41) is 0. The van der Waals surface area contributed by atoms with Gasteiger partial charge in [0, 0.05) is 36.7 Å². The van der Waals surface area contributed by atoms with Crippen LogP contribution in [0.25, 0.3) is 0 Å². The Morgan fingerprint density at radius 3 is 2.93 bits per heavy atom. The van der Waals surface area contributed by atoms with Crippen LogP contribution in [-0.2, 0) is 13.0 Å². The standard InChI is InChI=1S/C11H13N3S/c1-9-8-14(11(15)13-9)7-5-10-4-2-3-6-12-10/h2-4,6,8H,5,7H2,1H3,(H,13,15). The second-order valence-corrected chi connectivity index (χ2v) is 3.89. The van der Waals surface area contributed by atoms with Crippen LogP contribution in [0, 0.1) is 11.7 Å². The first-order valence-corrected chi connectivity index (χ1v) is 5.32. The highest BCUT2D eigenvalue weighted by molar-refractivity contribution is 7.71. The van der Waals surface area contributed by atoms with Crippen molar-refractivity contribution in [3.8, 4) is 0 Å². The van der Waals surface area contributed by atoms with E-state index < -0.39 is 0 Å². The number of aromatic amines is 1. The van der Waals surface area contributed by atoms with E-state index in [2.05, 4.69) is 9.97 Å². The van der Waals surface area contributed by atoms with Gasteiger partial charge in [-0.3, -0.25) is 4.98 Å². The van der Waals surface area contributed by atoms with E-state index in [1.807, 2.05) is 42.1 Å². The van der Waals surface area contributed by atoms with Crippen LogP contribution in [0.2, 0.25) is 0 Å². The molecule has 2 aromatic heterocycles. The number of nitrogens with one attached hydrogen (secondary N) is 1. The van der Waals surface area contributed by atoms with Crippen molar-refractivity contribution in [3.05, 3.63) is 46.8 Å². The Balaban J connectivity index is 2.05. The fourth-order valence-electron chi connectivity index (χ4n) is 1.51. The molecule has 0 saturated heterocycles. The smallest absolute Gasteiger partial charge is 0.177 e. The first kappa shape index (κ1) is 10.1. The molecule has 0 bridgehead atoms. The molecule has 0 aliphatic carbocycles. The second kappa shape index (κ2) is 4.40. The Morgan fingerprint density at radius 2 is 2.33 bits per heavy atom. The first-order valence-electron chi connectivity index (χ1n) is 4.91. The summed E-state index contributed by atoms with van der Waals surface area (Å²) < 4.78 is 2.82. The molecule has 0 unspecified atom stereocenters. The third-order valence-corrected chi connectivity index (χ3v) is 2.59. The average molecular weight is 219 g/mol. The third-order valence-electron chi connectivity index (χ3n) is 2.25. The Hall–Kier alpha value is -1.42. The van der Waals surface area contributed by atoms with Gasteiger partial charge in [-0.05, 0) is 31.3 Å². The largest absolute Gasteiger partial charge is 0.335 e. The van der Waals surface area contributed by atoms with Gasteiger partial charge in [0.25, 0.3) is 0 Å². The second-order valence-electron chi connectivity index (χ2n) is 3.51. The molecule has 0 atom stereocenters. The number of rotatable bonds is 3. The van der Waals surface area contributed by atoms with Gasteiger partial charge >= 0.3 is 0 Å². The number of imidazole rings is 1. The molecule has 2 heterocycles. The molecule has 0 saturated carbocycles. The Bertz CT molecular complexity index is 484. The van der Waals surface area contributed by atoms with Gasteiger partial charge in [-0.1, -0.05) is 6.07 Å². The zero-order valence-electron chi connectivity index (χ0n) is 8.60. The van der Waals surface area contributed by atoms with Crippen molar-refractivity contribution in [1.82, 2.24) is 14.5 Å². The van der Waals surface area contributed by atoms with Crippen molar-refractivity contribution in [3.63, 3.8) is 0 Å². The molecule has 0 aromatic carbocycles. The van der Waals surface area contributed by atoms with Crippen molar-refractivity contribution < 1.29 is 0 Å². The summed E-state index contributed by atoms with van der Waals surface area (Å²) in [6.45, 7) is 2.88. The summed E-state index contributed by atoms with van der Waals surface area (Å²) in [5.74, 6) is 0. The van der Waals surface area contributed by atoms with E-state index in [4.69, 9.17) is 12.2 Å². The number of aromatic nitrogens is 3. The minimum atomic E-state index is 0.781. The molecule has 0 aliphatic rings. The van der Waals surface area contributed by atoms with Gasteiger partial charge in [0.2, 0.25) is 0 Å². The van der Waals surface area contributed by atoms with Crippen LogP contribution in [-0.4, -0.2) is 14.5 Å². The predicted molar refractivity (Wildman–Crippen MR) is 62.3 cm³/mol. The van der Waals surface area contributed by atoms with E-state index in [9.17, 15) is 0 Å². The summed E-state index contributed by atoms with van der Waals surface area (Å²) in [5.41, 5.74) is 2.19. The molecule has 0 fully saturated rings. The predicted octanol–water partition coefficient (Wildman–Crippen LogP) is 2.49. The number of pyridine rings is 1. The van der Waals surface area contributed by atoms with Gasteiger partial charge in [0.15, 0.2) is 4.77 Å². The zero-order valence-corrected chi connectivity index (χ0v) is 9.42. The highest BCUT2D eigenvalue weighted by Gasteiger charge is 1.97. The van der Waals surface area contributed by atoms with Crippen molar-refractivity contribution in [2.45, 2.75) is 19.9 Å². The SMILES string of the molecule is Cc1cn(CCc2ccccn2)c(=S)[nH]1. The van der Waals surface area contributed by atoms with E-state index in [0.717, 1.165) is 29.1 Å². The van der Waals surface area contributed by atoms with Crippen LogP contribution in [0.15, 0.2) is 30.6 Å². The van der Waals surface area contributed by atoms with Crippen LogP contribution >= 0.6 is 12.2 Å². The third kappa shape index (κ3) is 2.53. The van der Waals surface area contributed by atoms with E-state index in [0.29, 0.717) is 0 Å². The maximum atomic E-state index is 5.18. The Labute approximate surface area is 93.8 Å². The molecule has 78 valence electrons. The highest BCUT2D eigenvalue weighted by atomic mass is 32.1. The topological polar surface area (TPSA) is 33.6 Å². The van der Waals surface area contributed by atoms with Gasteiger partial charge < -0.3 is 9.55 Å². The number of nitrogens with zero attached hydrogens (tertiary/aromatic N) is 2. The van der Waals surface area contributed by atoms with E-state index in [1.54, 1.807) is 0 Å². The van der Waals surface area contributed by atoms with Gasteiger partial charge in [-0.25, -0.2) is 0 Å². The fourth-order valence-corrected chi connectivity index (χ4v) is 1.82. The number of hydrogen-bond donors (Lipinski definition) is 1. The zero-order chi connectivity index (χ0) is 10.7. The molecule has 15 heavy (non-hydrogen) atoms. The van der Waals surface area contributed by atoms with Crippen molar-refractivity contribution in [1.29, 1.82) is 0 Å². The van der Waals surface area contributed by atoms with Gasteiger partial charge in [0.1, 0.15) is 0 Å². The highest BCUT2D eigenvalue weighted by Crippen LogP contribution is 2.01. The lowest BCUT2D eigenvalue weighted by Crippen LogP contribution is -2.01. The minimum Gasteiger partial charge on any atom is -0.335 e. The van der Waals surface area contributed by atoms with Crippen molar-refractivity contribution in [2.75, 3.05) is 0 Å². The molecule has 3 nitrogen and oxygen atoms in total. The molecule has 0 amide bonds. The van der Waals surface area contributed by atoms with Gasteiger partial charge in [-0.2, -0.15) is 0 Å². The number of H-pyrrole nitrogens is 1. The molecule has 2 aromatic rings. The summed E-state index contributed by atoms with van der Waals surface area (Å²) in [4.78, 5) is 7.37. The fraction of sp³-hybridized carbons (Fsp3) is 0.273. The monoisotopic (exact) mass is 219 g/mol. The minimum absolute atomic E-state index is 0.781. The van der Waals surface area contributed by atoms with Gasteiger partial charge in [0.05, 0.1) is 0 Å². The van der Waals surface area contributed by atoms with E-state index >= 15 is 0 Å². The van der Waals surface area contributed by atoms with Crippen LogP contribution in [0.4, 0.5) is 0 Å². The lowest BCUT2D eigenvalue weighted by molar-refractivity contribution is 0.676. The van der Waals surface area contributed by atoms with Crippen LogP contribution in [0.5, 0.6) is 0 Å². The Kier molecular flexibility index (Phi) is 2.97. The van der Waals surface area contributed by atoms with Crippen molar-refractivity contribution in [2.24, 2.45) is 0 Å². The molecular weight excluding hydrogens is 206 g/mol. The normalized spacial score (nSPS) is 10.5. The molecule has 0 spiro atoms. The summed E-state index contributed by atoms with van der Waals surface area (Å²) >= 11 is 5.18. The molecule has 0 aliphatic heterocycles. The average Bonchev–Trinajstić information content (AvgIpc) is 2.56. The van der Waals surface area contributed by atoms with Crippen molar-refractivity contribution >= 4 is 12.2 Å². The van der Waals surface area contributed by atoms with Crippen LogP contribution < -0.4 is 0 Å². The van der Waals surface area contributed by atoms with Gasteiger partial charge in [-0.15, -0.1) is 0 Å². The molecule has 2 rings (SSSR count). The molecule has 1 N–H and O–H groups in total. The lowest BCUT2D eigenvalue weighted by Gasteiger charge is -2.01. The maximum absolute atomic E-state index is 5.18. The summed E-state index contributed by atoms with van der Waals surface area (Å²) in [6, 6.07) is 5.96. The number of hydrogen-bond acceptors (Lipinski definition) is 2. The number of aryl methyl sites for hydroxylation is 3. The molecule has 4 heteroatoms. The van der Waals surface area contributed by atoms with E-state index in [1.165, 1.54) is 0 Å². The quantitative estimate of drug-likeness (QED) is 0.805.